The molecule has 1 N–H and O–H groups in total. The average molecular weight is 491 g/mol. The smallest absolute Gasteiger partial charge is 0.262 e. The standard InChI is InChI=1S/C23H27ClN4O4S/c1-3-31-20-12-10-17(15-21(20)32-4-2)33(29,30)27-16-9-11-19(24)18(14-16)23-26-25-22-8-6-5-7-13-28(22)23/h9-12,14-15,27H,3-8,13H2,1-2H3. The Bertz CT molecular complexity index is 1240. The van der Waals surface area contributed by atoms with Crippen molar-refractivity contribution in [2.24, 2.45) is 0 Å². The SMILES string of the molecule is CCOc1ccc(S(=O)(=O)Nc2ccc(Cl)c(-c3nnc4n3CCCCC4)c2)cc1OCC. The minimum absolute atomic E-state index is 0.0715. The Balaban J connectivity index is 1.65. The maximum atomic E-state index is 13.1. The highest BCUT2D eigenvalue weighted by Gasteiger charge is 2.21. The Morgan fingerprint density at radius 1 is 1.00 bits per heavy atom. The van der Waals surface area contributed by atoms with Crippen LogP contribution in [0.25, 0.3) is 11.4 Å². The third-order valence-corrected chi connectivity index (χ3v) is 7.10. The van der Waals surface area contributed by atoms with Crippen LogP contribution >= 0.6 is 11.6 Å². The van der Waals surface area contributed by atoms with Crippen molar-refractivity contribution in [3.8, 4) is 22.9 Å². The molecule has 8 nitrogen and oxygen atoms in total. The van der Waals surface area contributed by atoms with Crippen LogP contribution in [0.15, 0.2) is 41.3 Å². The van der Waals surface area contributed by atoms with Crippen molar-refractivity contribution >= 4 is 27.3 Å². The van der Waals surface area contributed by atoms with E-state index in [-0.39, 0.29) is 4.90 Å². The lowest BCUT2D eigenvalue weighted by atomic mass is 10.2. The summed E-state index contributed by atoms with van der Waals surface area (Å²) in [6.45, 7) is 5.34. The fraction of sp³-hybridized carbons (Fsp3) is 0.391. The molecule has 0 atom stereocenters. The van der Waals surface area contributed by atoms with E-state index in [1.54, 1.807) is 24.3 Å². The van der Waals surface area contributed by atoms with E-state index in [9.17, 15) is 8.42 Å². The monoisotopic (exact) mass is 490 g/mol. The molecule has 4 rings (SSSR count). The number of aromatic nitrogens is 3. The number of nitrogens with zero attached hydrogens (tertiary/aromatic N) is 3. The first-order valence-electron chi connectivity index (χ1n) is 11.1. The van der Waals surface area contributed by atoms with E-state index in [1.807, 2.05) is 13.8 Å². The number of ether oxygens (including phenoxy) is 2. The van der Waals surface area contributed by atoms with Gasteiger partial charge in [0.05, 0.1) is 23.1 Å². The molecule has 0 saturated carbocycles. The molecule has 0 amide bonds. The highest BCUT2D eigenvalue weighted by atomic mass is 35.5. The van der Waals surface area contributed by atoms with Crippen LogP contribution in [-0.4, -0.2) is 36.4 Å². The number of hydrogen-bond acceptors (Lipinski definition) is 6. The van der Waals surface area contributed by atoms with Crippen molar-refractivity contribution in [2.75, 3.05) is 17.9 Å². The summed E-state index contributed by atoms with van der Waals surface area (Å²) in [6.07, 6.45) is 4.14. The molecule has 1 aromatic heterocycles. The Labute approximate surface area is 198 Å². The number of sulfonamides is 1. The summed E-state index contributed by atoms with van der Waals surface area (Å²) in [6, 6.07) is 9.54. The maximum absolute atomic E-state index is 13.1. The van der Waals surface area contributed by atoms with E-state index in [0.29, 0.717) is 46.8 Å². The van der Waals surface area contributed by atoms with E-state index < -0.39 is 10.0 Å². The average Bonchev–Trinajstić information content (AvgIpc) is 3.04. The zero-order valence-corrected chi connectivity index (χ0v) is 20.2. The summed E-state index contributed by atoms with van der Waals surface area (Å²) >= 11 is 6.47. The fourth-order valence-electron chi connectivity index (χ4n) is 3.86. The van der Waals surface area contributed by atoms with Crippen molar-refractivity contribution in [1.82, 2.24) is 14.8 Å². The van der Waals surface area contributed by atoms with Crippen LogP contribution in [0.5, 0.6) is 11.5 Å². The van der Waals surface area contributed by atoms with E-state index in [1.165, 1.54) is 12.1 Å². The predicted octanol–water partition coefficient (Wildman–Crippen LogP) is 4.92. The predicted molar refractivity (Wildman–Crippen MR) is 128 cm³/mol. The van der Waals surface area contributed by atoms with Gasteiger partial charge < -0.3 is 14.0 Å². The zero-order valence-electron chi connectivity index (χ0n) is 18.7. The van der Waals surface area contributed by atoms with Gasteiger partial charge in [0.15, 0.2) is 17.3 Å². The summed E-state index contributed by atoms with van der Waals surface area (Å²) in [5.41, 5.74) is 1.02. The molecule has 3 aromatic rings. The van der Waals surface area contributed by atoms with E-state index in [2.05, 4.69) is 19.5 Å². The Kier molecular flexibility index (Phi) is 7.09. The van der Waals surface area contributed by atoms with Gasteiger partial charge in [0.2, 0.25) is 0 Å². The quantitative estimate of drug-likeness (QED) is 0.481. The topological polar surface area (TPSA) is 95.3 Å². The molecular formula is C23H27ClN4O4S. The van der Waals surface area contributed by atoms with Crippen molar-refractivity contribution < 1.29 is 17.9 Å². The van der Waals surface area contributed by atoms with Crippen LogP contribution in [0, 0.1) is 0 Å². The lowest BCUT2D eigenvalue weighted by Gasteiger charge is -2.14. The Morgan fingerprint density at radius 2 is 1.79 bits per heavy atom. The van der Waals surface area contributed by atoms with Gasteiger partial charge in [-0.25, -0.2) is 8.42 Å². The molecule has 0 fully saturated rings. The van der Waals surface area contributed by atoms with Crippen LogP contribution in [0.4, 0.5) is 5.69 Å². The second kappa shape index (κ2) is 10.0. The first-order chi connectivity index (χ1) is 15.9. The first-order valence-corrected chi connectivity index (χ1v) is 12.9. The molecular weight excluding hydrogens is 464 g/mol. The van der Waals surface area contributed by atoms with Crippen molar-refractivity contribution in [1.29, 1.82) is 0 Å². The highest BCUT2D eigenvalue weighted by Crippen LogP contribution is 2.34. The summed E-state index contributed by atoms with van der Waals surface area (Å²) in [5, 5.41) is 9.16. The van der Waals surface area contributed by atoms with Gasteiger partial charge in [-0.05, 0) is 57.0 Å². The summed E-state index contributed by atoms with van der Waals surface area (Å²) in [7, 11) is -3.88. The molecule has 1 aliphatic rings. The van der Waals surface area contributed by atoms with Crippen LogP contribution in [0.2, 0.25) is 5.02 Å². The van der Waals surface area contributed by atoms with E-state index in [0.717, 1.165) is 38.1 Å². The molecule has 0 radical (unpaired) electrons. The van der Waals surface area contributed by atoms with Gasteiger partial charge in [-0.3, -0.25) is 4.72 Å². The molecule has 0 unspecified atom stereocenters. The van der Waals surface area contributed by atoms with Crippen molar-refractivity contribution in [3.63, 3.8) is 0 Å². The largest absolute Gasteiger partial charge is 0.490 e. The minimum atomic E-state index is -3.88. The van der Waals surface area contributed by atoms with Crippen LogP contribution < -0.4 is 14.2 Å². The summed E-state index contributed by atoms with van der Waals surface area (Å²) in [5.74, 6) is 2.46. The molecule has 33 heavy (non-hydrogen) atoms. The number of nitrogens with one attached hydrogen (secondary N) is 1. The fourth-order valence-corrected chi connectivity index (χ4v) is 5.12. The molecule has 0 saturated heterocycles. The van der Waals surface area contributed by atoms with Crippen LogP contribution in [0.3, 0.4) is 0 Å². The molecule has 176 valence electrons. The number of halogens is 1. The molecule has 0 bridgehead atoms. The molecule has 2 heterocycles. The van der Waals surface area contributed by atoms with Gasteiger partial charge in [-0.1, -0.05) is 18.0 Å². The first kappa shape index (κ1) is 23.4. The van der Waals surface area contributed by atoms with Gasteiger partial charge in [-0.15, -0.1) is 10.2 Å². The van der Waals surface area contributed by atoms with Gasteiger partial charge in [0.25, 0.3) is 10.0 Å². The number of aryl methyl sites for hydroxylation is 1. The van der Waals surface area contributed by atoms with Crippen molar-refractivity contribution in [3.05, 3.63) is 47.2 Å². The van der Waals surface area contributed by atoms with Gasteiger partial charge >= 0.3 is 0 Å². The molecule has 1 aliphatic heterocycles. The second-order valence-corrected chi connectivity index (χ2v) is 9.77. The van der Waals surface area contributed by atoms with Gasteiger partial charge in [-0.2, -0.15) is 0 Å². The lowest BCUT2D eigenvalue weighted by molar-refractivity contribution is 0.287. The molecule has 10 heteroatoms. The minimum Gasteiger partial charge on any atom is -0.490 e. The summed E-state index contributed by atoms with van der Waals surface area (Å²) in [4.78, 5) is 0.0715. The number of rotatable bonds is 8. The van der Waals surface area contributed by atoms with Crippen LogP contribution in [-0.2, 0) is 23.0 Å². The van der Waals surface area contributed by atoms with Gasteiger partial charge in [0.1, 0.15) is 5.82 Å². The Morgan fingerprint density at radius 3 is 2.58 bits per heavy atom. The third kappa shape index (κ3) is 5.09. The molecule has 2 aromatic carbocycles. The Hall–Kier alpha value is -2.78. The van der Waals surface area contributed by atoms with Gasteiger partial charge in [0, 0.05) is 30.3 Å². The number of anilines is 1. The highest BCUT2D eigenvalue weighted by molar-refractivity contribution is 7.92. The van der Waals surface area contributed by atoms with Crippen LogP contribution in [0.1, 0.15) is 38.9 Å². The number of fused-ring (bicyclic) bond motifs is 1. The lowest BCUT2D eigenvalue weighted by Crippen LogP contribution is -2.13. The maximum Gasteiger partial charge on any atom is 0.262 e. The normalized spacial score (nSPS) is 13.8. The number of hydrogen-bond donors (Lipinski definition) is 1. The van der Waals surface area contributed by atoms with E-state index >= 15 is 0 Å². The second-order valence-electron chi connectivity index (χ2n) is 7.68. The summed E-state index contributed by atoms with van der Waals surface area (Å²) < 4.78 is 42.0. The molecule has 0 spiro atoms. The third-order valence-electron chi connectivity index (χ3n) is 5.39. The zero-order chi connectivity index (χ0) is 23.4. The molecule has 0 aliphatic carbocycles. The number of benzene rings is 2. The van der Waals surface area contributed by atoms with Crippen molar-refractivity contribution in [2.45, 2.75) is 51.0 Å². The van der Waals surface area contributed by atoms with E-state index in [4.69, 9.17) is 21.1 Å².